The Morgan fingerprint density at radius 3 is 2.57 bits per heavy atom. The Kier molecular flexibility index (Phi) is 5.17. The summed E-state index contributed by atoms with van der Waals surface area (Å²) in [6, 6.07) is 9.45. The molecule has 4 rings (SSSR count). The van der Waals surface area contributed by atoms with Crippen molar-refractivity contribution in [3.8, 4) is 5.75 Å². The van der Waals surface area contributed by atoms with Gasteiger partial charge >= 0.3 is 6.18 Å². The number of anilines is 1. The maximum atomic E-state index is 13.1. The Hall–Kier alpha value is -3.03. The van der Waals surface area contributed by atoms with Crippen molar-refractivity contribution < 1.29 is 27.5 Å². The molecule has 2 unspecified atom stereocenters. The summed E-state index contributed by atoms with van der Waals surface area (Å²) in [6.45, 7) is 0.609. The Bertz CT molecular complexity index is 973. The molecule has 2 heterocycles. The fraction of sp³-hybridized carbons (Fsp3) is 0.364. The van der Waals surface area contributed by atoms with Gasteiger partial charge in [-0.25, -0.2) is 0 Å². The normalized spacial score (nSPS) is 21.2. The van der Waals surface area contributed by atoms with Crippen molar-refractivity contribution in [2.24, 2.45) is 5.92 Å². The second-order valence-corrected chi connectivity index (χ2v) is 7.62. The number of nitrogens with zero attached hydrogens (tertiary/aromatic N) is 1. The third kappa shape index (κ3) is 3.86. The van der Waals surface area contributed by atoms with Crippen molar-refractivity contribution in [3.05, 3.63) is 59.2 Å². The molecule has 2 aliphatic rings. The number of amides is 2. The Labute approximate surface area is 171 Å². The Balaban J connectivity index is 1.58. The summed E-state index contributed by atoms with van der Waals surface area (Å²) >= 11 is 0. The molecular weight excluding hydrogens is 397 g/mol. The standard InChI is InChI=1S/C22H21F3N2O3/c1-27-19(28)9-7-17(20(27)13-2-4-15(5-3-13)22(23,24)25)21(29)26-16-6-8-18-14(12-16)10-11-30-18/h2-6,8,12,17,20H,7,9-11H2,1H3,(H,26,29). The van der Waals surface area contributed by atoms with E-state index >= 15 is 0 Å². The number of fused-ring (bicyclic) bond motifs is 1. The maximum absolute atomic E-state index is 13.1. The first kappa shape index (κ1) is 20.3. The van der Waals surface area contributed by atoms with Crippen LogP contribution in [0, 0.1) is 5.92 Å². The molecule has 1 saturated heterocycles. The molecule has 1 fully saturated rings. The van der Waals surface area contributed by atoms with E-state index in [-0.39, 0.29) is 18.2 Å². The lowest BCUT2D eigenvalue weighted by atomic mass is 9.83. The van der Waals surface area contributed by atoms with Gasteiger partial charge in [0.1, 0.15) is 5.75 Å². The first-order chi connectivity index (χ1) is 14.2. The largest absolute Gasteiger partial charge is 0.493 e. The van der Waals surface area contributed by atoms with E-state index in [2.05, 4.69) is 5.32 Å². The molecule has 0 saturated carbocycles. The number of benzene rings is 2. The number of likely N-dealkylation sites (tertiary alicyclic amines) is 1. The highest BCUT2D eigenvalue weighted by Crippen LogP contribution is 2.38. The second kappa shape index (κ2) is 7.66. The third-order valence-corrected chi connectivity index (χ3v) is 5.73. The third-order valence-electron chi connectivity index (χ3n) is 5.73. The number of carbonyl (C=O) groups is 2. The van der Waals surface area contributed by atoms with E-state index in [1.807, 2.05) is 12.1 Å². The van der Waals surface area contributed by atoms with Crippen LogP contribution in [0.3, 0.4) is 0 Å². The zero-order valence-corrected chi connectivity index (χ0v) is 16.3. The van der Waals surface area contributed by atoms with Crippen LogP contribution in [0.1, 0.15) is 35.6 Å². The predicted molar refractivity (Wildman–Crippen MR) is 104 cm³/mol. The van der Waals surface area contributed by atoms with Crippen LogP contribution < -0.4 is 10.1 Å². The molecule has 2 aromatic rings. The number of carbonyl (C=O) groups excluding carboxylic acids is 2. The molecule has 2 aliphatic heterocycles. The molecule has 8 heteroatoms. The van der Waals surface area contributed by atoms with Gasteiger partial charge < -0.3 is 15.0 Å². The summed E-state index contributed by atoms with van der Waals surface area (Å²) in [6.07, 6.45) is -3.13. The summed E-state index contributed by atoms with van der Waals surface area (Å²) in [5, 5.41) is 2.90. The highest BCUT2D eigenvalue weighted by Gasteiger charge is 2.39. The molecule has 0 aliphatic carbocycles. The van der Waals surface area contributed by atoms with E-state index in [0.717, 1.165) is 29.9 Å². The molecule has 158 valence electrons. The van der Waals surface area contributed by atoms with Crippen LogP contribution in [0.5, 0.6) is 5.75 Å². The van der Waals surface area contributed by atoms with Crippen LogP contribution in [0.15, 0.2) is 42.5 Å². The lowest BCUT2D eigenvalue weighted by Crippen LogP contribution is -2.44. The van der Waals surface area contributed by atoms with E-state index in [4.69, 9.17) is 4.74 Å². The zero-order chi connectivity index (χ0) is 21.5. The summed E-state index contributed by atoms with van der Waals surface area (Å²) < 4.78 is 44.2. The molecule has 0 spiro atoms. The van der Waals surface area contributed by atoms with Gasteiger partial charge in [-0.1, -0.05) is 12.1 Å². The average Bonchev–Trinajstić information content (AvgIpc) is 3.17. The lowest BCUT2D eigenvalue weighted by molar-refractivity contribution is -0.140. The minimum atomic E-state index is -4.44. The summed E-state index contributed by atoms with van der Waals surface area (Å²) in [7, 11) is 1.58. The number of alkyl halides is 3. The van der Waals surface area contributed by atoms with Gasteiger partial charge in [0.05, 0.1) is 24.1 Å². The molecule has 30 heavy (non-hydrogen) atoms. The van der Waals surface area contributed by atoms with E-state index < -0.39 is 23.7 Å². The van der Waals surface area contributed by atoms with Crippen LogP contribution in [-0.2, 0) is 22.2 Å². The van der Waals surface area contributed by atoms with Gasteiger partial charge in [-0.2, -0.15) is 13.2 Å². The molecule has 0 bridgehead atoms. The van der Waals surface area contributed by atoms with Gasteiger partial charge in [0.15, 0.2) is 0 Å². The second-order valence-electron chi connectivity index (χ2n) is 7.62. The number of ether oxygens (including phenoxy) is 1. The van der Waals surface area contributed by atoms with Crippen molar-refractivity contribution in [1.29, 1.82) is 0 Å². The molecule has 5 nitrogen and oxygen atoms in total. The SMILES string of the molecule is CN1C(=O)CCC(C(=O)Nc2ccc3c(c2)CCO3)C1c1ccc(C(F)(F)F)cc1. The number of rotatable bonds is 3. The molecule has 0 aromatic heterocycles. The number of piperidine rings is 1. The van der Waals surface area contributed by atoms with Gasteiger partial charge in [0.25, 0.3) is 0 Å². The van der Waals surface area contributed by atoms with Gasteiger partial charge in [0, 0.05) is 25.6 Å². The quantitative estimate of drug-likeness (QED) is 0.813. The molecule has 2 amide bonds. The molecule has 2 aromatic carbocycles. The lowest BCUT2D eigenvalue weighted by Gasteiger charge is -2.38. The van der Waals surface area contributed by atoms with Crippen molar-refractivity contribution in [2.45, 2.75) is 31.5 Å². The van der Waals surface area contributed by atoms with Gasteiger partial charge in [-0.15, -0.1) is 0 Å². The molecular formula is C22H21F3N2O3. The van der Waals surface area contributed by atoms with Crippen LogP contribution >= 0.6 is 0 Å². The minimum Gasteiger partial charge on any atom is -0.493 e. The van der Waals surface area contributed by atoms with Crippen molar-refractivity contribution in [2.75, 3.05) is 19.0 Å². The smallest absolute Gasteiger partial charge is 0.416 e. The van der Waals surface area contributed by atoms with Crippen LogP contribution in [0.2, 0.25) is 0 Å². The number of nitrogens with one attached hydrogen (secondary N) is 1. The van der Waals surface area contributed by atoms with Crippen LogP contribution in [0.25, 0.3) is 0 Å². The van der Waals surface area contributed by atoms with Crippen LogP contribution in [0.4, 0.5) is 18.9 Å². The summed E-state index contributed by atoms with van der Waals surface area (Å²) in [5.74, 6) is -0.177. The van der Waals surface area contributed by atoms with Gasteiger partial charge in [0.2, 0.25) is 11.8 Å². The first-order valence-corrected chi connectivity index (χ1v) is 9.73. The van der Waals surface area contributed by atoms with E-state index in [9.17, 15) is 22.8 Å². The maximum Gasteiger partial charge on any atom is 0.416 e. The van der Waals surface area contributed by atoms with Crippen molar-refractivity contribution in [3.63, 3.8) is 0 Å². The summed E-state index contributed by atoms with van der Waals surface area (Å²) in [4.78, 5) is 26.8. The number of halogens is 3. The topological polar surface area (TPSA) is 58.6 Å². The Morgan fingerprint density at radius 1 is 1.13 bits per heavy atom. The van der Waals surface area contributed by atoms with Gasteiger partial charge in [-0.05, 0) is 47.9 Å². The fourth-order valence-electron chi connectivity index (χ4n) is 4.14. The zero-order valence-electron chi connectivity index (χ0n) is 16.3. The van der Waals surface area contributed by atoms with E-state index in [1.165, 1.54) is 17.0 Å². The number of hydrogen-bond acceptors (Lipinski definition) is 3. The minimum absolute atomic E-state index is 0.140. The van der Waals surface area contributed by atoms with E-state index in [1.54, 1.807) is 13.1 Å². The van der Waals surface area contributed by atoms with Gasteiger partial charge in [-0.3, -0.25) is 9.59 Å². The fourth-order valence-corrected chi connectivity index (χ4v) is 4.14. The molecule has 0 radical (unpaired) electrons. The highest BCUT2D eigenvalue weighted by molar-refractivity contribution is 5.95. The first-order valence-electron chi connectivity index (χ1n) is 9.73. The Morgan fingerprint density at radius 2 is 1.87 bits per heavy atom. The molecule has 1 N–H and O–H groups in total. The highest BCUT2D eigenvalue weighted by atomic mass is 19.4. The monoisotopic (exact) mass is 418 g/mol. The summed E-state index contributed by atoms with van der Waals surface area (Å²) in [5.41, 5.74) is 1.39. The van der Waals surface area contributed by atoms with Crippen molar-refractivity contribution in [1.82, 2.24) is 4.90 Å². The number of hydrogen-bond donors (Lipinski definition) is 1. The van der Waals surface area contributed by atoms with E-state index in [0.29, 0.717) is 24.3 Å². The molecule has 2 atom stereocenters. The average molecular weight is 418 g/mol. The predicted octanol–water partition coefficient (Wildman–Crippen LogP) is 4.19. The van der Waals surface area contributed by atoms with Crippen molar-refractivity contribution >= 4 is 17.5 Å². The van der Waals surface area contributed by atoms with Crippen LogP contribution in [-0.4, -0.2) is 30.4 Å².